The van der Waals surface area contributed by atoms with Crippen LogP contribution in [0.15, 0.2) is 18.2 Å². The van der Waals surface area contributed by atoms with E-state index in [1.165, 1.54) is 5.56 Å². The SMILES string of the molecule is CCC(C)(CO)NC(=O)c1ccc2c(c1)CCCN2. The first-order valence-electron chi connectivity index (χ1n) is 6.88. The smallest absolute Gasteiger partial charge is 0.251 e. The highest BCUT2D eigenvalue weighted by Gasteiger charge is 2.24. The summed E-state index contributed by atoms with van der Waals surface area (Å²) in [5, 5.41) is 15.6. The lowest BCUT2D eigenvalue weighted by molar-refractivity contribution is 0.0847. The van der Waals surface area contributed by atoms with Gasteiger partial charge in [0.05, 0.1) is 12.1 Å². The molecule has 2 rings (SSSR count). The number of nitrogens with one attached hydrogen (secondary N) is 2. The second kappa shape index (κ2) is 5.61. The fourth-order valence-electron chi connectivity index (χ4n) is 2.20. The van der Waals surface area contributed by atoms with Crippen molar-refractivity contribution in [2.75, 3.05) is 18.5 Å². The average molecular weight is 262 g/mol. The van der Waals surface area contributed by atoms with Crippen LogP contribution in [-0.4, -0.2) is 29.7 Å². The molecule has 4 nitrogen and oxygen atoms in total. The number of carbonyl (C=O) groups is 1. The van der Waals surface area contributed by atoms with Gasteiger partial charge in [0.15, 0.2) is 0 Å². The average Bonchev–Trinajstić information content (AvgIpc) is 2.46. The molecular formula is C15H22N2O2. The number of amides is 1. The first kappa shape index (κ1) is 13.9. The van der Waals surface area contributed by atoms with Crippen LogP contribution in [0.2, 0.25) is 0 Å². The van der Waals surface area contributed by atoms with Gasteiger partial charge in [-0.3, -0.25) is 4.79 Å². The van der Waals surface area contributed by atoms with E-state index in [9.17, 15) is 9.90 Å². The molecule has 0 saturated heterocycles. The van der Waals surface area contributed by atoms with Gasteiger partial charge in [0.25, 0.3) is 5.91 Å². The van der Waals surface area contributed by atoms with Crippen molar-refractivity contribution in [3.63, 3.8) is 0 Å². The second-order valence-electron chi connectivity index (χ2n) is 5.43. The van der Waals surface area contributed by atoms with Gasteiger partial charge in [-0.1, -0.05) is 6.92 Å². The molecule has 0 fully saturated rings. The molecule has 19 heavy (non-hydrogen) atoms. The molecule has 0 saturated carbocycles. The van der Waals surface area contributed by atoms with E-state index >= 15 is 0 Å². The summed E-state index contributed by atoms with van der Waals surface area (Å²) < 4.78 is 0. The van der Waals surface area contributed by atoms with Crippen molar-refractivity contribution in [2.45, 2.75) is 38.6 Å². The molecule has 0 aliphatic carbocycles. The molecule has 1 unspecified atom stereocenters. The van der Waals surface area contributed by atoms with Crippen molar-refractivity contribution < 1.29 is 9.90 Å². The van der Waals surface area contributed by atoms with E-state index in [1.54, 1.807) is 0 Å². The van der Waals surface area contributed by atoms with Crippen molar-refractivity contribution in [3.05, 3.63) is 29.3 Å². The lowest BCUT2D eigenvalue weighted by atomic mass is 9.97. The molecule has 104 valence electrons. The molecule has 1 aliphatic rings. The highest BCUT2D eigenvalue weighted by molar-refractivity contribution is 5.95. The van der Waals surface area contributed by atoms with Crippen molar-refractivity contribution in [3.8, 4) is 0 Å². The van der Waals surface area contributed by atoms with Crippen LogP contribution in [0.25, 0.3) is 0 Å². The van der Waals surface area contributed by atoms with Gasteiger partial charge in [-0.25, -0.2) is 0 Å². The molecule has 1 atom stereocenters. The Morgan fingerprint density at radius 2 is 2.32 bits per heavy atom. The minimum absolute atomic E-state index is 0.0538. The number of fused-ring (bicyclic) bond motifs is 1. The Bertz CT molecular complexity index is 467. The predicted molar refractivity (Wildman–Crippen MR) is 76.5 cm³/mol. The summed E-state index contributed by atoms with van der Waals surface area (Å²) >= 11 is 0. The second-order valence-corrected chi connectivity index (χ2v) is 5.43. The lowest BCUT2D eigenvalue weighted by Gasteiger charge is -2.27. The molecule has 4 heteroatoms. The van der Waals surface area contributed by atoms with Gasteiger partial charge in [-0.05, 0) is 49.9 Å². The molecule has 0 radical (unpaired) electrons. The van der Waals surface area contributed by atoms with Crippen LogP contribution >= 0.6 is 0 Å². The van der Waals surface area contributed by atoms with Gasteiger partial charge < -0.3 is 15.7 Å². The molecule has 1 aromatic rings. The summed E-state index contributed by atoms with van der Waals surface area (Å²) in [7, 11) is 0. The van der Waals surface area contributed by atoms with Gasteiger partial charge >= 0.3 is 0 Å². The van der Waals surface area contributed by atoms with E-state index in [1.807, 2.05) is 32.0 Å². The maximum atomic E-state index is 12.2. The van der Waals surface area contributed by atoms with Crippen molar-refractivity contribution >= 4 is 11.6 Å². The Morgan fingerprint density at radius 1 is 1.53 bits per heavy atom. The van der Waals surface area contributed by atoms with E-state index in [0.717, 1.165) is 25.1 Å². The van der Waals surface area contributed by atoms with E-state index < -0.39 is 5.54 Å². The third-order valence-electron chi connectivity index (χ3n) is 3.85. The fourth-order valence-corrected chi connectivity index (χ4v) is 2.20. The maximum absolute atomic E-state index is 12.2. The molecule has 1 aliphatic heterocycles. The van der Waals surface area contributed by atoms with Crippen LogP contribution in [0.1, 0.15) is 42.6 Å². The van der Waals surface area contributed by atoms with Gasteiger partial charge in [0.1, 0.15) is 0 Å². The molecule has 0 bridgehead atoms. The zero-order valence-corrected chi connectivity index (χ0v) is 11.6. The number of aryl methyl sites for hydroxylation is 1. The van der Waals surface area contributed by atoms with Gasteiger partial charge in [0, 0.05) is 17.8 Å². The highest BCUT2D eigenvalue weighted by Crippen LogP contribution is 2.23. The Morgan fingerprint density at radius 3 is 3.00 bits per heavy atom. The van der Waals surface area contributed by atoms with Crippen LogP contribution in [0.5, 0.6) is 0 Å². The van der Waals surface area contributed by atoms with Crippen molar-refractivity contribution in [2.24, 2.45) is 0 Å². The zero-order chi connectivity index (χ0) is 13.9. The van der Waals surface area contributed by atoms with Crippen molar-refractivity contribution in [1.29, 1.82) is 0 Å². The Labute approximate surface area is 114 Å². The molecular weight excluding hydrogens is 240 g/mol. The number of aliphatic hydroxyl groups is 1. The number of anilines is 1. The van der Waals surface area contributed by atoms with Gasteiger partial charge in [-0.2, -0.15) is 0 Å². The van der Waals surface area contributed by atoms with E-state index in [0.29, 0.717) is 12.0 Å². The number of carbonyl (C=O) groups excluding carboxylic acids is 1. The topological polar surface area (TPSA) is 61.4 Å². The first-order chi connectivity index (χ1) is 9.08. The van der Waals surface area contributed by atoms with Crippen LogP contribution in [-0.2, 0) is 6.42 Å². The van der Waals surface area contributed by atoms with Gasteiger partial charge in [-0.15, -0.1) is 0 Å². The zero-order valence-electron chi connectivity index (χ0n) is 11.6. The van der Waals surface area contributed by atoms with E-state index in [2.05, 4.69) is 10.6 Å². The third-order valence-corrected chi connectivity index (χ3v) is 3.85. The Hall–Kier alpha value is -1.55. The number of aliphatic hydroxyl groups excluding tert-OH is 1. The Kier molecular flexibility index (Phi) is 4.10. The molecule has 0 spiro atoms. The summed E-state index contributed by atoms with van der Waals surface area (Å²) in [6, 6.07) is 5.75. The molecule has 1 amide bonds. The van der Waals surface area contributed by atoms with Gasteiger partial charge in [0.2, 0.25) is 0 Å². The molecule has 1 aromatic carbocycles. The van der Waals surface area contributed by atoms with Crippen LogP contribution in [0.4, 0.5) is 5.69 Å². The van der Waals surface area contributed by atoms with Crippen LogP contribution in [0.3, 0.4) is 0 Å². The number of benzene rings is 1. The summed E-state index contributed by atoms with van der Waals surface area (Å²) in [4.78, 5) is 12.2. The molecule has 1 heterocycles. The van der Waals surface area contributed by atoms with Crippen LogP contribution < -0.4 is 10.6 Å². The monoisotopic (exact) mass is 262 g/mol. The largest absolute Gasteiger partial charge is 0.394 e. The third kappa shape index (κ3) is 3.07. The normalized spacial score (nSPS) is 17.0. The predicted octanol–water partition coefficient (Wildman–Crippen LogP) is 1.94. The Balaban J connectivity index is 2.15. The molecule has 0 aromatic heterocycles. The van der Waals surface area contributed by atoms with E-state index in [4.69, 9.17) is 0 Å². The molecule has 3 N–H and O–H groups in total. The number of hydrogen-bond acceptors (Lipinski definition) is 3. The number of hydrogen-bond donors (Lipinski definition) is 3. The summed E-state index contributed by atoms with van der Waals surface area (Å²) in [6.45, 7) is 4.75. The maximum Gasteiger partial charge on any atom is 0.251 e. The standard InChI is InChI=1S/C15H22N2O2/c1-3-15(2,10-18)17-14(19)12-6-7-13-11(9-12)5-4-8-16-13/h6-7,9,16,18H,3-5,8,10H2,1-2H3,(H,17,19). The van der Waals surface area contributed by atoms with Crippen LogP contribution in [0, 0.1) is 0 Å². The quantitative estimate of drug-likeness (QED) is 0.777. The summed E-state index contributed by atoms with van der Waals surface area (Å²) in [5.41, 5.74) is 2.44. The first-order valence-corrected chi connectivity index (χ1v) is 6.88. The summed E-state index contributed by atoms with van der Waals surface area (Å²) in [5.74, 6) is -0.119. The fraction of sp³-hybridized carbons (Fsp3) is 0.533. The highest BCUT2D eigenvalue weighted by atomic mass is 16.3. The lowest BCUT2D eigenvalue weighted by Crippen LogP contribution is -2.48. The summed E-state index contributed by atoms with van der Waals surface area (Å²) in [6.07, 6.45) is 2.80. The minimum atomic E-state index is -0.550. The number of rotatable bonds is 4. The minimum Gasteiger partial charge on any atom is -0.394 e. The van der Waals surface area contributed by atoms with E-state index in [-0.39, 0.29) is 12.5 Å². The van der Waals surface area contributed by atoms with Crippen molar-refractivity contribution in [1.82, 2.24) is 5.32 Å².